The van der Waals surface area contributed by atoms with Gasteiger partial charge >= 0.3 is 5.97 Å². The molecule has 1 unspecified atom stereocenters. The molecule has 0 amide bonds. The number of pyridine rings is 1. The highest BCUT2D eigenvalue weighted by molar-refractivity contribution is 5.88. The Labute approximate surface area is 154 Å². The van der Waals surface area contributed by atoms with Crippen LogP contribution in [0.25, 0.3) is 5.76 Å². The highest BCUT2D eigenvalue weighted by atomic mass is 16.5. The van der Waals surface area contributed by atoms with Crippen molar-refractivity contribution in [3.8, 4) is 5.75 Å². The van der Waals surface area contributed by atoms with Gasteiger partial charge in [-0.3, -0.25) is 4.90 Å². The van der Waals surface area contributed by atoms with Crippen LogP contribution in [0.1, 0.15) is 34.2 Å². The summed E-state index contributed by atoms with van der Waals surface area (Å²) in [6.45, 7) is 5.37. The van der Waals surface area contributed by atoms with Gasteiger partial charge in [0.15, 0.2) is 5.69 Å². The molecule has 0 saturated heterocycles. The fraction of sp³-hybridized carbons (Fsp3) is 0.474. The number of hydrogen-bond acceptors (Lipinski definition) is 7. The Balaban J connectivity index is 2.53. The Morgan fingerprint density at radius 1 is 1.38 bits per heavy atom. The van der Waals surface area contributed by atoms with E-state index < -0.39 is 5.97 Å². The van der Waals surface area contributed by atoms with E-state index in [1.165, 1.54) is 7.11 Å². The number of ether oxygens (including phenoxy) is 4. The third kappa shape index (κ3) is 4.23. The Morgan fingerprint density at radius 3 is 2.77 bits per heavy atom. The second kappa shape index (κ2) is 9.35. The van der Waals surface area contributed by atoms with Gasteiger partial charge in [0.2, 0.25) is 0 Å². The molecule has 0 spiro atoms. The van der Waals surface area contributed by atoms with Gasteiger partial charge in [0.1, 0.15) is 18.1 Å². The van der Waals surface area contributed by atoms with Crippen molar-refractivity contribution in [3.05, 3.63) is 41.7 Å². The van der Waals surface area contributed by atoms with Crippen molar-refractivity contribution >= 4 is 11.7 Å². The van der Waals surface area contributed by atoms with Crippen molar-refractivity contribution in [2.75, 3.05) is 48.1 Å². The third-order valence-electron chi connectivity index (χ3n) is 4.21. The maximum absolute atomic E-state index is 12.0. The topological polar surface area (TPSA) is 70.1 Å². The molecule has 0 aliphatic heterocycles. The largest absolute Gasteiger partial charge is 0.496 e. The maximum Gasteiger partial charge on any atom is 0.356 e. The van der Waals surface area contributed by atoms with Crippen LogP contribution in [-0.4, -0.2) is 64.0 Å². The number of carbonyl (C=O) groups excluding carboxylic acids is 1. The van der Waals surface area contributed by atoms with Crippen LogP contribution >= 0.6 is 0 Å². The van der Waals surface area contributed by atoms with E-state index in [1.807, 2.05) is 19.2 Å². The Morgan fingerprint density at radius 2 is 2.15 bits per heavy atom. The van der Waals surface area contributed by atoms with Crippen LogP contribution in [0.5, 0.6) is 5.75 Å². The van der Waals surface area contributed by atoms with Crippen molar-refractivity contribution in [1.82, 2.24) is 9.88 Å². The number of nitrogens with zero attached hydrogens (tertiary/aromatic N) is 2. The lowest BCUT2D eigenvalue weighted by Crippen LogP contribution is -2.29. The molecule has 1 atom stereocenters. The van der Waals surface area contributed by atoms with Crippen LogP contribution in [-0.2, 0) is 14.2 Å². The second-order valence-electron chi connectivity index (χ2n) is 5.85. The van der Waals surface area contributed by atoms with Gasteiger partial charge in [0.25, 0.3) is 0 Å². The summed E-state index contributed by atoms with van der Waals surface area (Å²) in [4.78, 5) is 18.7. The quantitative estimate of drug-likeness (QED) is 0.380. The molecule has 1 aromatic heterocycles. The van der Waals surface area contributed by atoms with Crippen LogP contribution in [0.4, 0.5) is 0 Å². The summed E-state index contributed by atoms with van der Waals surface area (Å²) >= 11 is 0. The molecular weight excluding hydrogens is 336 g/mol. The summed E-state index contributed by atoms with van der Waals surface area (Å²) in [6.07, 6.45) is 4.54. The molecule has 7 heteroatoms. The van der Waals surface area contributed by atoms with Crippen LogP contribution in [0.15, 0.2) is 24.8 Å². The van der Waals surface area contributed by atoms with Gasteiger partial charge in [-0.05, 0) is 19.5 Å². The molecule has 26 heavy (non-hydrogen) atoms. The Bertz CT molecular complexity index is 687. The van der Waals surface area contributed by atoms with E-state index in [-0.39, 0.29) is 11.7 Å². The highest BCUT2D eigenvalue weighted by Gasteiger charge is 2.31. The number of carbonyl (C=O) groups is 1. The Hall–Kier alpha value is -2.38. The second-order valence-corrected chi connectivity index (χ2v) is 5.85. The molecule has 0 fully saturated rings. The number of esters is 1. The molecule has 7 nitrogen and oxygen atoms in total. The van der Waals surface area contributed by atoms with E-state index in [9.17, 15) is 4.79 Å². The first-order valence-electron chi connectivity index (χ1n) is 8.38. The Kier molecular flexibility index (Phi) is 7.17. The zero-order valence-corrected chi connectivity index (χ0v) is 15.8. The molecule has 0 N–H and O–H groups in total. The van der Waals surface area contributed by atoms with Gasteiger partial charge in [-0.2, -0.15) is 0 Å². The third-order valence-corrected chi connectivity index (χ3v) is 4.21. The monoisotopic (exact) mass is 362 g/mol. The standard InChI is InChI=1S/C19H26N2O5/c1-6-9-21(2)14-7-8-15(26-11-10-23-3)17-16(24-4)12-13(19(22)25-5)20-18(14)17/h6,8,12,14H,1,7,9-11H2,2-5H3. The minimum atomic E-state index is -0.507. The van der Waals surface area contributed by atoms with E-state index in [1.54, 1.807) is 20.3 Å². The van der Waals surface area contributed by atoms with Gasteiger partial charge in [0, 0.05) is 19.7 Å². The van der Waals surface area contributed by atoms with Crippen LogP contribution < -0.4 is 4.74 Å². The van der Waals surface area contributed by atoms with Crippen molar-refractivity contribution in [3.63, 3.8) is 0 Å². The zero-order chi connectivity index (χ0) is 19.1. The lowest BCUT2D eigenvalue weighted by Gasteiger charge is -2.32. The van der Waals surface area contributed by atoms with E-state index in [4.69, 9.17) is 18.9 Å². The average molecular weight is 362 g/mol. The van der Waals surface area contributed by atoms with Crippen LogP contribution in [0.2, 0.25) is 0 Å². The molecule has 0 radical (unpaired) electrons. The molecule has 0 bridgehead atoms. The predicted octanol–water partition coefficient (Wildman–Crippen LogP) is 2.44. The zero-order valence-electron chi connectivity index (χ0n) is 15.8. The summed E-state index contributed by atoms with van der Waals surface area (Å²) in [5, 5.41) is 0. The molecule has 0 aromatic carbocycles. The molecule has 1 aliphatic rings. The minimum absolute atomic E-state index is 0.0312. The highest BCUT2D eigenvalue weighted by Crippen LogP contribution is 2.40. The van der Waals surface area contributed by atoms with E-state index >= 15 is 0 Å². The normalized spacial score (nSPS) is 15.9. The molecule has 2 rings (SSSR count). The van der Waals surface area contributed by atoms with Gasteiger partial charge in [-0.25, -0.2) is 9.78 Å². The number of fused-ring (bicyclic) bond motifs is 1. The summed E-state index contributed by atoms with van der Waals surface area (Å²) in [6, 6.07) is 1.55. The van der Waals surface area contributed by atoms with Gasteiger partial charge in [-0.15, -0.1) is 6.58 Å². The van der Waals surface area contributed by atoms with Gasteiger partial charge < -0.3 is 18.9 Å². The van der Waals surface area contributed by atoms with E-state index in [0.717, 1.165) is 11.3 Å². The molecule has 1 aromatic rings. The smallest absolute Gasteiger partial charge is 0.356 e. The first kappa shape index (κ1) is 19.9. The van der Waals surface area contributed by atoms with Crippen LogP contribution in [0.3, 0.4) is 0 Å². The molecular formula is C19H26N2O5. The average Bonchev–Trinajstić information content (AvgIpc) is 2.66. The van der Waals surface area contributed by atoms with Crippen molar-refractivity contribution < 1.29 is 23.7 Å². The first-order valence-corrected chi connectivity index (χ1v) is 8.38. The molecule has 1 aliphatic carbocycles. The summed E-state index contributed by atoms with van der Waals surface area (Å²) in [5.41, 5.74) is 1.69. The van der Waals surface area contributed by atoms with Crippen molar-refractivity contribution in [2.24, 2.45) is 0 Å². The van der Waals surface area contributed by atoms with Crippen molar-refractivity contribution in [1.29, 1.82) is 0 Å². The number of rotatable bonds is 9. The fourth-order valence-electron chi connectivity index (χ4n) is 2.92. The van der Waals surface area contributed by atoms with E-state index in [0.29, 0.717) is 37.7 Å². The number of likely N-dealkylation sites (N-methyl/N-ethyl adjacent to an activating group) is 1. The molecule has 0 saturated carbocycles. The summed E-state index contributed by atoms with van der Waals surface area (Å²) in [7, 11) is 6.49. The predicted molar refractivity (Wildman–Crippen MR) is 98.1 cm³/mol. The molecule has 142 valence electrons. The lowest BCUT2D eigenvalue weighted by molar-refractivity contribution is 0.0592. The van der Waals surface area contributed by atoms with Gasteiger partial charge in [-0.1, -0.05) is 6.08 Å². The number of hydrogen-bond donors (Lipinski definition) is 0. The summed E-state index contributed by atoms with van der Waals surface area (Å²) < 4.78 is 21.3. The van der Waals surface area contributed by atoms with Crippen LogP contribution in [0, 0.1) is 0 Å². The SMILES string of the molecule is C=CCN(C)C1CC=C(OCCOC)c2c(OC)cc(C(=O)OC)nc21. The fourth-order valence-corrected chi connectivity index (χ4v) is 2.92. The maximum atomic E-state index is 12.0. The molecule has 1 heterocycles. The van der Waals surface area contributed by atoms with E-state index in [2.05, 4.69) is 16.5 Å². The van der Waals surface area contributed by atoms with Gasteiger partial charge in [0.05, 0.1) is 38.1 Å². The summed E-state index contributed by atoms with van der Waals surface area (Å²) in [5.74, 6) is 0.699. The first-order chi connectivity index (χ1) is 12.6. The lowest BCUT2D eigenvalue weighted by atomic mass is 9.94. The van der Waals surface area contributed by atoms with Crippen molar-refractivity contribution in [2.45, 2.75) is 12.5 Å². The minimum Gasteiger partial charge on any atom is -0.496 e. The number of methoxy groups -OCH3 is 3. The number of aromatic nitrogens is 1.